The highest BCUT2D eigenvalue weighted by Gasteiger charge is 2.05. The van der Waals surface area contributed by atoms with Gasteiger partial charge in [-0.2, -0.15) is 5.10 Å². The number of benzene rings is 1. The fraction of sp³-hybridized carbons (Fsp3) is 0.200. The highest BCUT2D eigenvalue weighted by molar-refractivity contribution is 7.14. The van der Waals surface area contributed by atoms with Crippen molar-refractivity contribution in [3.8, 4) is 0 Å². The smallest absolute Gasteiger partial charge is 0.267 e. The van der Waals surface area contributed by atoms with E-state index in [0.29, 0.717) is 5.56 Å². The number of nitrogens with zero attached hydrogens (tertiary/aromatic N) is 1. The molecule has 0 aliphatic rings. The lowest BCUT2D eigenvalue weighted by Crippen LogP contribution is -2.18. The minimum absolute atomic E-state index is 0.188. The summed E-state index contributed by atoms with van der Waals surface area (Å²) in [7, 11) is 0. The molecule has 1 N–H and O–H groups in total. The van der Waals surface area contributed by atoms with E-state index in [1.165, 1.54) is 4.88 Å². The van der Waals surface area contributed by atoms with Gasteiger partial charge in [0.15, 0.2) is 0 Å². The molecule has 0 aliphatic carbocycles. The second-order valence-corrected chi connectivity index (χ2v) is 5.29. The van der Waals surface area contributed by atoms with Crippen molar-refractivity contribution in [2.45, 2.75) is 20.3 Å². The lowest BCUT2D eigenvalue weighted by molar-refractivity contribution is 0.0955. The molecular weight excluding hydrogens is 256 g/mol. The highest BCUT2D eigenvalue weighted by atomic mass is 32.1. The van der Waals surface area contributed by atoms with Crippen molar-refractivity contribution in [3.63, 3.8) is 0 Å². The molecule has 0 atom stereocenters. The van der Waals surface area contributed by atoms with Crippen molar-refractivity contribution in [2.75, 3.05) is 0 Å². The maximum absolute atomic E-state index is 11.8. The molecule has 2 rings (SSSR count). The fourth-order valence-electron chi connectivity index (χ4n) is 1.61. The Balaban J connectivity index is 2.04. The second kappa shape index (κ2) is 6.29. The Morgan fingerprint density at radius 1 is 1.21 bits per heavy atom. The topological polar surface area (TPSA) is 41.5 Å². The number of rotatable bonds is 4. The van der Waals surface area contributed by atoms with E-state index < -0.39 is 0 Å². The van der Waals surface area contributed by atoms with E-state index in [1.807, 2.05) is 31.2 Å². The van der Waals surface area contributed by atoms with E-state index in [0.717, 1.165) is 17.0 Å². The minimum atomic E-state index is -0.188. The van der Waals surface area contributed by atoms with Gasteiger partial charge in [-0.1, -0.05) is 25.1 Å². The lowest BCUT2D eigenvalue weighted by atomic mass is 10.2. The Hall–Kier alpha value is -1.94. The zero-order valence-electron chi connectivity index (χ0n) is 11.0. The van der Waals surface area contributed by atoms with Crippen molar-refractivity contribution in [1.29, 1.82) is 0 Å². The first-order chi connectivity index (χ1) is 9.20. The van der Waals surface area contributed by atoms with Crippen LogP contribution in [-0.4, -0.2) is 11.6 Å². The van der Waals surface area contributed by atoms with Crippen LogP contribution in [0.15, 0.2) is 47.6 Å². The number of carbonyl (C=O) groups excluding carboxylic acids is 1. The van der Waals surface area contributed by atoms with Gasteiger partial charge in [0.05, 0.1) is 10.6 Å². The molecule has 0 saturated carbocycles. The van der Waals surface area contributed by atoms with Crippen LogP contribution >= 0.6 is 11.3 Å². The predicted octanol–water partition coefficient (Wildman–Crippen LogP) is 3.46. The number of thiophene rings is 1. The van der Waals surface area contributed by atoms with Crippen LogP contribution in [0.2, 0.25) is 0 Å². The largest absolute Gasteiger partial charge is 0.271 e. The Bertz CT molecular complexity index is 587. The summed E-state index contributed by atoms with van der Waals surface area (Å²) in [5.41, 5.74) is 4.02. The summed E-state index contributed by atoms with van der Waals surface area (Å²) in [6, 6.07) is 13.2. The molecule has 1 heterocycles. The first kappa shape index (κ1) is 13.5. The zero-order chi connectivity index (χ0) is 13.7. The van der Waals surface area contributed by atoms with Crippen LogP contribution in [0, 0.1) is 0 Å². The summed E-state index contributed by atoms with van der Waals surface area (Å²) in [6.45, 7) is 4.02. The van der Waals surface area contributed by atoms with Crippen LogP contribution in [0.5, 0.6) is 0 Å². The zero-order valence-corrected chi connectivity index (χ0v) is 11.8. The number of hydrogen-bond donors (Lipinski definition) is 1. The van der Waals surface area contributed by atoms with Crippen molar-refractivity contribution in [2.24, 2.45) is 5.10 Å². The van der Waals surface area contributed by atoms with Gasteiger partial charge in [-0.3, -0.25) is 4.79 Å². The quantitative estimate of drug-likeness (QED) is 0.672. The standard InChI is InChI=1S/C15H16N2OS/c1-3-13-9-10-14(19-13)11(2)16-17-15(18)12-7-5-4-6-8-12/h4-10H,3H2,1-2H3,(H,17,18). The Labute approximate surface area is 117 Å². The molecule has 19 heavy (non-hydrogen) atoms. The Morgan fingerprint density at radius 3 is 2.58 bits per heavy atom. The first-order valence-corrected chi connectivity index (χ1v) is 7.01. The van der Waals surface area contributed by atoms with E-state index in [2.05, 4.69) is 23.5 Å². The van der Waals surface area contributed by atoms with Crippen LogP contribution in [0.4, 0.5) is 0 Å². The molecule has 98 valence electrons. The predicted molar refractivity (Wildman–Crippen MR) is 79.8 cm³/mol. The molecular formula is C15H16N2OS. The van der Waals surface area contributed by atoms with Crippen LogP contribution < -0.4 is 5.43 Å². The summed E-state index contributed by atoms with van der Waals surface area (Å²) in [5, 5.41) is 4.15. The maximum Gasteiger partial charge on any atom is 0.271 e. The third kappa shape index (κ3) is 3.51. The monoisotopic (exact) mass is 272 g/mol. The van der Waals surface area contributed by atoms with Gasteiger partial charge in [-0.15, -0.1) is 11.3 Å². The molecule has 0 bridgehead atoms. The summed E-state index contributed by atoms with van der Waals surface area (Å²) >= 11 is 1.71. The van der Waals surface area contributed by atoms with Crippen molar-refractivity contribution < 1.29 is 4.79 Å². The van der Waals surface area contributed by atoms with E-state index >= 15 is 0 Å². The van der Waals surface area contributed by atoms with E-state index in [4.69, 9.17) is 0 Å². The van der Waals surface area contributed by atoms with Gasteiger partial charge in [0.1, 0.15) is 0 Å². The molecule has 1 amide bonds. The van der Waals surface area contributed by atoms with E-state index in [9.17, 15) is 4.79 Å². The SMILES string of the molecule is CCc1ccc(C(C)=NNC(=O)c2ccccc2)s1. The Kier molecular flexibility index (Phi) is 4.47. The lowest BCUT2D eigenvalue weighted by Gasteiger charge is -2.01. The van der Waals surface area contributed by atoms with Gasteiger partial charge in [-0.25, -0.2) is 5.43 Å². The van der Waals surface area contributed by atoms with Gasteiger partial charge in [0.2, 0.25) is 0 Å². The second-order valence-electron chi connectivity index (χ2n) is 4.12. The van der Waals surface area contributed by atoms with Gasteiger partial charge in [0, 0.05) is 10.4 Å². The van der Waals surface area contributed by atoms with Crippen LogP contribution in [-0.2, 0) is 6.42 Å². The van der Waals surface area contributed by atoms with Gasteiger partial charge >= 0.3 is 0 Å². The number of carbonyl (C=O) groups is 1. The molecule has 0 fully saturated rings. The minimum Gasteiger partial charge on any atom is -0.267 e. The van der Waals surface area contributed by atoms with Gasteiger partial charge < -0.3 is 0 Å². The summed E-state index contributed by atoms with van der Waals surface area (Å²) < 4.78 is 0. The number of nitrogens with one attached hydrogen (secondary N) is 1. The molecule has 2 aromatic rings. The summed E-state index contributed by atoms with van der Waals surface area (Å²) in [4.78, 5) is 14.2. The number of aryl methyl sites for hydroxylation is 1. The van der Waals surface area contributed by atoms with Crippen LogP contribution in [0.3, 0.4) is 0 Å². The molecule has 0 radical (unpaired) electrons. The van der Waals surface area contributed by atoms with Crippen LogP contribution in [0.1, 0.15) is 34.0 Å². The molecule has 3 nitrogen and oxygen atoms in total. The molecule has 4 heteroatoms. The molecule has 0 spiro atoms. The number of hydrogen-bond acceptors (Lipinski definition) is 3. The number of hydrazone groups is 1. The number of amides is 1. The summed E-state index contributed by atoms with van der Waals surface area (Å²) in [5.74, 6) is -0.188. The summed E-state index contributed by atoms with van der Waals surface area (Å²) in [6.07, 6.45) is 1.02. The molecule has 0 saturated heterocycles. The van der Waals surface area contributed by atoms with Gasteiger partial charge in [0.25, 0.3) is 5.91 Å². The van der Waals surface area contributed by atoms with Gasteiger partial charge in [-0.05, 0) is 37.6 Å². The van der Waals surface area contributed by atoms with Crippen molar-refractivity contribution in [1.82, 2.24) is 5.43 Å². The molecule has 1 aromatic heterocycles. The average Bonchev–Trinajstić information content (AvgIpc) is 2.94. The van der Waals surface area contributed by atoms with Crippen LogP contribution in [0.25, 0.3) is 0 Å². The Morgan fingerprint density at radius 2 is 1.95 bits per heavy atom. The van der Waals surface area contributed by atoms with Crippen molar-refractivity contribution in [3.05, 3.63) is 57.8 Å². The van der Waals surface area contributed by atoms with Crippen molar-refractivity contribution >= 4 is 23.0 Å². The maximum atomic E-state index is 11.8. The van der Waals surface area contributed by atoms with E-state index in [1.54, 1.807) is 23.5 Å². The third-order valence-electron chi connectivity index (χ3n) is 2.73. The molecule has 0 aliphatic heterocycles. The third-order valence-corrected chi connectivity index (χ3v) is 4.07. The highest BCUT2D eigenvalue weighted by Crippen LogP contribution is 2.17. The molecule has 1 aromatic carbocycles. The van der Waals surface area contributed by atoms with E-state index in [-0.39, 0.29) is 5.91 Å². The normalized spacial score (nSPS) is 11.4. The first-order valence-electron chi connectivity index (χ1n) is 6.19. The fourth-order valence-corrected chi connectivity index (χ4v) is 2.50. The molecule has 0 unspecified atom stereocenters. The average molecular weight is 272 g/mol.